The topological polar surface area (TPSA) is 96.0 Å². The standard InChI is InChI=1S/C14H14ClN3O3/c15-11-5-4-10(8-12(11)18(20)21)13(19)17-14(9-16)6-2-1-3-7-14/h4-5,8H,1-3,6-7H2,(H,17,19). The summed E-state index contributed by atoms with van der Waals surface area (Å²) in [5.74, 6) is -0.488. The number of carbonyl (C=O) groups is 1. The Morgan fingerprint density at radius 3 is 2.62 bits per heavy atom. The van der Waals surface area contributed by atoms with Gasteiger partial charge in [-0.2, -0.15) is 5.26 Å². The van der Waals surface area contributed by atoms with Crippen molar-refractivity contribution in [1.82, 2.24) is 5.32 Å². The third kappa shape index (κ3) is 3.31. The molecule has 1 aromatic carbocycles. The van der Waals surface area contributed by atoms with Crippen LogP contribution in [0.1, 0.15) is 42.5 Å². The third-order valence-corrected chi connectivity index (χ3v) is 4.00. The highest BCUT2D eigenvalue weighted by molar-refractivity contribution is 6.32. The third-order valence-electron chi connectivity index (χ3n) is 3.68. The van der Waals surface area contributed by atoms with E-state index in [2.05, 4.69) is 11.4 Å². The first-order valence-electron chi connectivity index (χ1n) is 6.65. The molecule has 0 aromatic heterocycles. The van der Waals surface area contributed by atoms with Gasteiger partial charge in [-0.1, -0.05) is 30.9 Å². The zero-order valence-corrected chi connectivity index (χ0v) is 12.0. The summed E-state index contributed by atoms with van der Waals surface area (Å²) in [5, 5.41) is 22.9. The summed E-state index contributed by atoms with van der Waals surface area (Å²) in [6.07, 6.45) is 4.02. The summed E-state index contributed by atoms with van der Waals surface area (Å²) in [6, 6.07) is 6.03. The van der Waals surface area contributed by atoms with E-state index in [1.165, 1.54) is 12.1 Å². The maximum absolute atomic E-state index is 12.2. The molecular weight excluding hydrogens is 294 g/mol. The van der Waals surface area contributed by atoms with Crippen molar-refractivity contribution >= 4 is 23.2 Å². The van der Waals surface area contributed by atoms with Gasteiger partial charge in [0, 0.05) is 11.6 Å². The number of benzene rings is 1. The highest BCUT2D eigenvalue weighted by atomic mass is 35.5. The Morgan fingerprint density at radius 1 is 1.38 bits per heavy atom. The summed E-state index contributed by atoms with van der Waals surface area (Å²) in [7, 11) is 0. The van der Waals surface area contributed by atoms with Gasteiger partial charge in [0.25, 0.3) is 11.6 Å². The van der Waals surface area contributed by atoms with Crippen LogP contribution < -0.4 is 5.32 Å². The normalized spacial score (nSPS) is 16.8. The molecular formula is C14H14ClN3O3. The number of amides is 1. The Bertz CT molecular complexity index is 618. The first kappa shape index (κ1) is 15.3. The van der Waals surface area contributed by atoms with Crippen molar-refractivity contribution in [3.05, 3.63) is 38.9 Å². The van der Waals surface area contributed by atoms with Crippen LogP contribution in [0.2, 0.25) is 5.02 Å². The summed E-state index contributed by atoms with van der Waals surface area (Å²) in [4.78, 5) is 22.4. The Labute approximate surface area is 126 Å². The van der Waals surface area contributed by atoms with Crippen LogP contribution in [-0.4, -0.2) is 16.4 Å². The van der Waals surface area contributed by atoms with E-state index >= 15 is 0 Å². The van der Waals surface area contributed by atoms with E-state index in [1.54, 1.807) is 0 Å². The van der Waals surface area contributed by atoms with Gasteiger partial charge in [0.1, 0.15) is 10.6 Å². The van der Waals surface area contributed by atoms with Crippen molar-refractivity contribution in [2.45, 2.75) is 37.6 Å². The number of rotatable bonds is 3. The molecule has 0 unspecified atom stereocenters. The Hall–Kier alpha value is -2.13. The van der Waals surface area contributed by atoms with Gasteiger partial charge in [0.2, 0.25) is 0 Å². The van der Waals surface area contributed by atoms with Crippen LogP contribution in [0.5, 0.6) is 0 Å². The van der Waals surface area contributed by atoms with Crippen molar-refractivity contribution < 1.29 is 9.72 Å². The fourth-order valence-corrected chi connectivity index (χ4v) is 2.69. The number of halogens is 1. The maximum Gasteiger partial charge on any atom is 0.288 e. The fourth-order valence-electron chi connectivity index (χ4n) is 2.50. The number of nitriles is 1. The maximum atomic E-state index is 12.2. The number of carbonyl (C=O) groups excluding carboxylic acids is 1. The number of nitro groups is 1. The average Bonchev–Trinajstić information content (AvgIpc) is 2.48. The minimum Gasteiger partial charge on any atom is -0.334 e. The van der Waals surface area contributed by atoms with Gasteiger partial charge in [0.05, 0.1) is 11.0 Å². The Balaban J connectivity index is 2.22. The number of nitro benzene ring substituents is 1. The molecule has 1 aromatic rings. The molecule has 0 heterocycles. The lowest BCUT2D eigenvalue weighted by molar-refractivity contribution is -0.384. The molecule has 0 spiro atoms. The average molecular weight is 308 g/mol. The number of hydrogen-bond acceptors (Lipinski definition) is 4. The van der Waals surface area contributed by atoms with Gasteiger partial charge in [-0.15, -0.1) is 0 Å². The fraction of sp³-hybridized carbons (Fsp3) is 0.429. The Morgan fingerprint density at radius 2 is 2.05 bits per heavy atom. The smallest absolute Gasteiger partial charge is 0.288 e. The van der Waals surface area contributed by atoms with Crippen LogP contribution in [0.25, 0.3) is 0 Å². The molecule has 1 aliphatic carbocycles. The molecule has 6 nitrogen and oxygen atoms in total. The van der Waals surface area contributed by atoms with E-state index in [1.807, 2.05) is 0 Å². The van der Waals surface area contributed by atoms with Gasteiger partial charge in [-0.05, 0) is 25.0 Å². The van der Waals surface area contributed by atoms with Crippen LogP contribution in [0.4, 0.5) is 5.69 Å². The molecule has 0 radical (unpaired) electrons. The molecule has 1 aliphatic rings. The van der Waals surface area contributed by atoms with E-state index in [0.29, 0.717) is 12.8 Å². The first-order chi connectivity index (χ1) is 9.97. The zero-order chi connectivity index (χ0) is 15.5. The van der Waals surface area contributed by atoms with E-state index < -0.39 is 16.4 Å². The molecule has 1 amide bonds. The van der Waals surface area contributed by atoms with Crippen LogP contribution in [0.15, 0.2) is 18.2 Å². The van der Waals surface area contributed by atoms with Crippen molar-refractivity contribution in [3.63, 3.8) is 0 Å². The highest BCUT2D eigenvalue weighted by Crippen LogP contribution is 2.29. The summed E-state index contributed by atoms with van der Waals surface area (Å²) < 4.78 is 0. The molecule has 21 heavy (non-hydrogen) atoms. The molecule has 0 bridgehead atoms. The molecule has 0 aliphatic heterocycles. The second-order valence-electron chi connectivity index (χ2n) is 5.13. The molecule has 0 atom stereocenters. The van der Waals surface area contributed by atoms with E-state index in [9.17, 15) is 20.2 Å². The summed E-state index contributed by atoms with van der Waals surface area (Å²) in [6.45, 7) is 0. The molecule has 1 fully saturated rings. The van der Waals surface area contributed by atoms with Crippen molar-refractivity contribution in [1.29, 1.82) is 5.26 Å². The zero-order valence-electron chi connectivity index (χ0n) is 11.3. The highest BCUT2D eigenvalue weighted by Gasteiger charge is 2.34. The van der Waals surface area contributed by atoms with E-state index in [0.717, 1.165) is 25.3 Å². The van der Waals surface area contributed by atoms with Gasteiger partial charge in [0.15, 0.2) is 0 Å². The van der Waals surface area contributed by atoms with E-state index in [-0.39, 0.29) is 16.3 Å². The van der Waals surface area contributed by atoms with Gasteiger partial charge < -0.3 is 5.32 Å². The second kappa shape index (κ2) is 6.10. The molecule has 0 saturated heterocycles. The minimum absolute atomic E-state index is 0.0239. The monoisotopic (exact) mass is 307 g/mol. The second-order valence-corrected chi connectivity index (χ2v) is 5.54. The number of nitrogens with zero attached hydrogens (tertiary/aromatic N) is 2. The number of hydrogen-bond donors (Lipinski definition) is 1. The minimum atomic E-state index is -0.871. The molecule has 1 saturated carbocycles. The lowest BCUT2D eigenvalue weighted by Gasteiger charge is -2.31. The van der Waals surface area contributed by atoms with Crippen molar-refractivity contribution in [2.75, 3.05) is 0 Å². The molecule has 2 rings (SSSR count). The van der Waals surface area contributed by atoms with Gasteiger partial charge in [-0.25, -0.2) is 0 Å². The first-order valence-corrected chi connectivity index (χ1v) is 7.03. The van der Waals surface area contributed by atoms with E-state index in [4.69, 9.17) is 11.6 Å². The number of nitrogens with one attached hydrogen (secondary N) is 1. The quantitative estimate of drug-likeness (QED) is 0.685. The Kier molecular flexibility index (Phi) is 4.43. The predicted octanol–water partition coefficient (Wildman–Crippen LogP) is 3.20. The van der Waals surface area contributed by atoms with Crippen LogP contribution in [0, 0.1) is 21.4 Å². The van der Waals surface area contributed by atoms with Gasteiger partial charge in [-0.3, -0.25) is 14.9 Å². The molecule has 110 valence electrons. The van der Waals surface area contributed by atoms with Crippen molar-refractivity contribution in [3.8, 4) is 6.07 Å². The van der Waals surface area contributed by atoms with Crippen LogP contribution in [-0.2, 0) is 0 Å². The summed E-state index contributed by atoms with van der Waals surface area (Å²) >= 11 is 5.72. The predicted molar refractivity (Wildman–Crippen MR) is 77.0 cm³/mol. The van der Waals surface area contributed by atoms with Crippen LogP contribution >= 0.6 is 11.6 Å². The van der Waals surface area contributed by atoms with Crippen LogP contribution in [0.3, 0.4) is 0 Å². The SMILES string of the molecule is N#CC1(NC(=O)c2ccc(Cl)c([N+](=O)[O-])c2)CCCCC1. The van der Waals surface area contributed by atoms with Crippen molar-refractivity contribution in [2.24, 2.45) is 0 Å². The lowest BCUT2D eigenvalue weighted by Crippen LogP contribution is -2.48. The largest absolute Gasteiger partial charge is 0.334 e. The van der Waals surface area contributed by atoms with Gasteiger partial charge >= 0.3 is 0 Å². The lowest BCUT2D eigenvalue weighted by atomic mass is 9.82. The molecule has 1 N–H and O–H groups in total. The molecule has 7 heteroatoms. The summed E-state index contributed by atoms with van der Waals surface area (Å²) in [5.41, 5.74) is -1.06.